The summed E-state index contributed by atoms with van der Waals surface area (Å²) >= 11 is 0. The first-order chi connectivity index (χ1) is 5.65. The largest absolute Gasteiger partial charge is 0.265 e. The van der Waals surface area contributed by atoms with Crippen molar-refractivity contribution >= 4 is 0 Å². The van der Waals surface area contributed by atoms with Gasteiger partial charge in [0.25, 0.3) is 6.43 Å². The lowest BCUT2D eigenvalue weighted by Gasteiger charge is -2.00. The maximum atomic E-state index is 12.4. The van der Waals surface area contributed by atoms with Gasteiger partial charge in [0.15, 0.2) is 0 Å². The van der Waals surface area contributed by atoms with Crippen LogP contribution in [0.5, 0.6) is 0 Å². The van der Waals surface area contributed by atoms with Crippen LogP contribution in [0.15, 0.2) is 12.3 Å². The summed E-state index contributed by atoms with van der Waals surface area (Å²) in [6, 6.07) is 0.771. The maximum absolute atomic E-state index is 12.4. The average molecular weight is 179 g/mol. The zero-order chi connectivity index (χ0) is 9.14. The van der Waals surface area contributed by atoms with Crippen LogP contribution in [0.25, 0.3) is 0 Å². The van der Waals surface area contributed by atoms with Gasteiger partial charge in [0.2, 0.25) is 5.95 Å². The molecule has 1 nitrogen and oxygen atoms in total. The van der Waals surface area contributed by atoms with E-state index in [-0.39, 0.29) is 0 Å². The first-order valence-corrected chi connectivity index (χ1v) is 3.13. The Hall–Kier alpha value is -1.13. The number of hydrogen-bond acceptors (Lipinski definition) is 1. The first-order valence-electron chi connectivity index (χ1n) is 3.13. The van der Waals surface area contributed by atoms with Crippen molar-refractivity contribution in [1.29, 1.82) is 0 Å². The van der Waals surface area contributed by atoms with E-state index in [4.69, 9.17) is 0 Å². The number of halogens is 4. The SMILES string of the molecule is FCc1cc(C(F)F)cnc1F. The molecule has 0 N–H and O–H groups in total. The van der Waals surface area contributed by atoms with E-state index in [1.165, 1.54) is 0 Å². The minimum atomic E-state index is -2.75. The average Bonchev–Trinajstić information content (AvgIpc) is 2.05. The lowest BCUT2D eigenvalue weighted by atomic mass is 10.2. The topological polar surface area (TPSA) is 12.9 Å². The van der Waals surface area contributed by atoms with Crippen molar-refractivity contribution in [2.24, 2.45) is 0 Å². The number of alkyl halides is 3. The Labute approximate surface area is 66.0 Å². The highest BCUT2D eigenvalue weighted by Crippen LogP contribution is 2.19. The minimum Gasteiger partial charge on any atom is -0.246 e. The quantitative estimate of drug-likeness (QED) is 0.502. The molecule has 1 aromatic heterocycles. The van der Waals surface area contributed by atoms with Crippen LogP contribution in [-0.4, -0.2) is 4.98 Å². The van der Waals surface area contributed by atoms with E-state index in [1.54, 1.807) is 0 Å². The third-order valence-corrected chi connectivity index (χ3v) is 1.33. The highest BCUT2D eigenvalue weighted by molar-refractivity contribution is 5.19. The number of pyridine rings is 1. The van der Waals surface area contributed by atoms with Gasteiger partial charge in [-0.2, -0.15) is 4.39 Å². The van der Waals surface area contributed by atoms with Gasteiger partial charge in [0, 0.05) is 17.3 Å². The van der Waals surface area contributed by atoms with E-state index in [9.17, 15) is 17.6 Å². The summed E-state index contributed by atoms with van der Waals surface area (Å²) < 4.78 is 48.2. The summed E-state index contributed by atoms with van der Waals surface area (Å²) in [4.78, 5) is 2.98. The number of aromatic nitrogens is 1. The number of hydrogen-bond donors (Lipinski definition) is 0. The van der Waals surface area contributed by atoms with Crippen LogP contribution >= 0.6 is 0 Å². The van der Waals surface area contributed by atoms with Crippen molar-refractivity contribution in [2.45, 2.75) is 13.1 Å². The Morgan fingerprint density at radius 3 is 2.58 bits per heavy atom. The standard InChI is InChI=1S/C7H5F4N/c8-2-4-1-5(6(9)10)3-12-7(4)11/h1,3,6H,2H2. The molecule has 0 aliphatic carbocycles. The Morgan fingerprint density at radius 2 is 2.08 bits per heavy atom. The summed E-state index contributed by atoms with van der Waals surface area (Å²) in [6.45, 7) is -1.13. The summed E-state index contributed by atoms with van der Waals surface area (Å²) in [6.07, 6.45) is -2.05. The van der Waals surface area contributed by atoms with Crippen LogP contribution in [0.4, 0.5) is 17.6 Å². The molecule has 12 heavy (non-hydrogen) atoms. The van der Waals surface area contributed by atoms with E-state index in [1.807, 2.05) is 0 Å². The van der Waals surface area contributed by atoms with E-state index in [2.05, 4.69) is 4.98 Å². The van der Waals surface area contributed by atoms with Crippen molar-refractivity contribution in [3.63, 3.8) is 0 Å². The highest BCUT2D eigenvalue weighted by Gasteiger charge is 2.11. The smallest absolute Gasteiger partial charge is 0.246 e. The van der Waals surface area contributed by atoms with Crippen molar-refractivity contribution < 1.29 is 17.6 Å². The predicted octanol–water partition coefficient (Wildman–Crippen LogP) is 2.63. The summed E-state index contributed by atoms with van der Waals surface area (Å²) in [5.74, 6) is -1.04. The van der Waals surface area contributed by atoms with Crippen LogP contribution in [-0.2, 0) is 6.67 Å². The molecule has 0 aliphatic heterocycles. The second kappa shape index (κ2) is 3.51. The van der Waals surface area contributed by atoms with Crippen LogP contribution < -0.4 is 0 Å². The minimum absolute atomic E-state index is 0.437. The molecule has 0 saturated heterocycles. The number of rotatable bonds is 2. The normalized spacial score (nSPS) is 10.8. The maximum Gasteiger partial charge on any atom is 0.265 e. The first kappa shape index (κ1) is 8.96. The Balaban J connectivity index is 3.05. The fourth-order valence-corrected chi connectivity index (χ4v) is 0.725. The molecule has 0 radical (unpaired) electrons. The van der Waals surface area contributed by atoms with Crippen LogP contribution in [0, 0.1) is 5.95 Å². The van der Waals surface area contributed by atoms with E-state index >= 15 is 0 Å². The van der Waals surface area contributed by atoms with Gasteiger partial charge in [0.1, 0.15) is 6.67 Å². The van der Waals surface area contributed by atoms with E-state index in [0.29, 0.717) is 6.20 Å². The molecule has 0 aliphatic rings. The second-order valence-electron chi connectivity index (χ2n) is 2.15. The summed E-state index contributed by atoms with van der Waals surface area (Å²) in [5, 5.41) is 0. The highest BCUT2D eigenvalue weighted by atomic mass is 19.3. The van der Waals surface area contributed by atoms with Crippen molar-refractivity contribution in [3.05, 3.63) is 29.3 Å². The van der Waals surface area contributed by atoms with Gasteiger partial charge >= 0.3 is 0 Å². The van der Waals surface area contributed by atoms with Gasteiger partial charge in [-0.15, -0.1) is 0 Å². The Morgan fingerprint density at radius 1 is 1.42 bits per heavy atom. The predicted molar refractivity (Wildman–Crippen MR) is 34.0 cm³/mol. The van der Waals surface area contributed by atoms with Crippen molar-refractivity contribution in [2.75, 3.05) is 0 Å². The third-order valence-electron chi connectivity index (χ3n) is 1.33. The lowest BCUT2D eigenvalue weighted by molar-refractivity contribution is 0.150. The molecular formula is C7H5F4N. The Bertz CT molecular complexity index is 274. The molecule has 66 valence electrons. The fraction of sp³-hybridized carbons (Fsp3) is 0.286. The molecule has 0 amide bonds. The van der Waals surface area contributed by atoms with Crippen molar-refractivity contribution in [1.82, 2.24) is 4.98 Å². The van der Waals surface area contributed by atoms with Gasteiger partial charge < -0.3 is 0 Å². The summed E-state index contributed by atoms with van der Waals surface area (Å²) in [7, 11) is 0. The van der Waals surface area contributed by atoms with Gasteiger partial charge in [-0.25, -0.2) is 18.2 Å². The molecule has 1 heterocycles. The molecular weight excluding hydrogens is 174 g/mol. The van der Waals surface area contributed by atoms with Gasteiger partial charge in [0.05, 0.1) is 0 Å². The second-order valence-corrected chi connectivity index (χ2v) is 2.15. The van der Waals surface area contributed by atoms with E-state index in [0.717, 1.165) is 6.07 Å². The summed E-state index contributed by atoms with van der Waals surface area (Å²) in [5.41, 5.74) is -0.906. The molecule has 0 bridgehead atoms. The molecule has 0 spiro atoms. The van der Waals surface area contributed by atoms with Crippen LogP contribution in [0.2, 0.25) is 0 Å². The van der Waals surface area contributed by atoms with Crippen LogP contribution in [0.1, 0.15) is 17.6 Å². The molecule has 0 fully saturated rings. The molecule has 0 unspecified atom stereocenters. The third kappa shape index (κ3) is 1.72. The van der Waals surface area contributed by atoms with Gasteiger partial charge in [-0.3, -0.25) is 0 Å². The monoisotopic (exact) mass is 179 g/mol. The lowest BCUT2D eigenvalue weighted by Crippen LogP contribution is -1.95. The van der Waals surface area contributed by atoms with Gasteiger partial charge in [-0.05, 0) is 6.07 Å². The molecule has 0 aromatic carbocycles. The van der Waals surface area contributed by atoms with Crippen molar-refractivity contribution in [3.8, 4) is 0 Å². The van der Waals surface area contributed by atoms with Gasteiger partial charge in [-0.1, -0.05) is 0 Å². The Kier molecular flexibility index (Phi) is 2.62. The fourth-order valence-electron chi connectivity index (χ4n) is 0.725. The van der Waals surface area contributed by atoms with Crippen LogP contribution in [0.3, 0.4) is 0 Å². The molecule has 0 saturated carbocycles. The number of nitrogens with zero attached hydrogens (tertiary/aromatic N) is 1. The molecule has 5 heteroatoms. The molecule has 1 aromatic rings. The zero-order valence-corrected chi connectivity index (χ0v) is 5.90. The molecule has 1 rings (SSSR count). The van der Waals surface area contributed by atoms with E-state index < -0.39 is 30.2 Å². The zero-order valence-electron chi connectivity index (χ0n) is 5.90. The molecule has 0 atom stereocenters.